The van der Waals surface area contributed by atoms with Crippen molar-refractivity contribution in [2.24, 2.45) is 13.0 Å². The Morgan fingerprint density at radius 3 is 2.38 bits per heavy atom. The van der Waals surface area contributed by atoms with Gasteiger partial charge in [0.05, 0.1) is 19.0 Å². The van der Waals surface area contributed by atoms with Crippen molar-refractivity contribution in [1.82, 2.24) is 0 Å². The molecule has 6 rings (SSSR count). The molecule has 0 aliphatic heterocycles. The number of furan rings is 1. The van der Waals surface area contributed by atoms with Crippen LogP contribution >= 0.6 is 0 Å². The summed E-state index contributed by atoms with van der Waals surface area (Å²) in [5.41, 5.74) is 6.89. The third-order valence-electron chi connectivity index (χ3n) is 7.98. The van der Waals surface area contributed by atoms with Crippen LogP contribution in [0.4, 0.5) is 5.69 Å². The van der Waals surface area contributed by atoms with Gasteiger partial charge in [-0.15, -0.1) is 0 Å². The molecule has 0 saturated heterocycles. The van der Waals surface area contributed by atoms with E-state index in [1.165, 1.54) is 37.7 Å². The predicted molar refractivity (Wildman–Crippen MR) is 152 cm³/mol. The second kappa shape index (κ2) is 9.52. The van der Waals surface area contributed by atoms with Gasteiger partial charge in [0.2, 0.25) is 5.69 Å². The third-order valence-corrected chi connectivity index (χ3v) is 7.98. The van der Waals surface area contributed by atoms with E-state index >= 15 is 0 Å². The van der Waals surface area contributed by atoms with Gasteiger partial charge in [-0.3, -0.25) is 0 Å². The summed E-state index contributed by atoms with van der Waals surface area (Å²) in [6.45, 7) is 12.0. The maximum absolute atomic E-state index is 8.63. The van der Waals surface area contributed by atoms with E-state index in [2.05, 4.69) is 48.5 Å². The smallest absolute Gasteiger partial charge is 0.216 e. The Labute approximate surface area is 226 Å². The van der Waals surface area contributed by atoms with E-state index in [1.54, 1.807) is 6.07 Å². The Hall–Kier alpha value is -3.90. The Balaban J connectivity index is 1.64. The summed E-state index contributed by atoms with van der Waals surface area (Å²) in [4.78, 5) is 3.67. The summed E-state index contributed by atoms with van der Waals surface area (Å²) in [6, 6.07) is 10.1. The van der Waals surface area contributed by atoms with Crippen molar-refractivity contribution in [1.29, 1.82) is 0 Å². The van der Waals surface area contributed by atoms with E-state index in [0.29, 0.717) is 17.1 Å². The average molecular weight is 491 g/mol. The van der Waals surface area contributed by atoms with Crippen LogP contribution in [0.15, 0.2) is 71.0 Å². The minimum Gasteiger partial charge on any atom is -0.456 e. The van der Waals surface area contributed by atoms with Crippen molar-refractivity contribution < 1.29 is 15.8 Å². The Morgan fingerprint density at radius 1 is 0.946 bits per heavy atom. The molecular weight excluding hydrogens is 452 g/mol. The maximum Gasteiger partial charge on any atom is 0.216 e. The van der Waals surface area contributed by atoms with Crippen molar-refractivity contribution >= 4 is 27.6 Å². The molecule has 0 radical (unpaired) electrons. The minimum atomic E-state index is -0.469. The van der Waals surface area contributed by atoms with E-state index in [9.17, 15) is 0 Å². The van der Waals surface area contributed by atoms with Crippen molar-refractivity contribution in [3.8, 4) is 22.4 Å². The topological polar surface area (TPSA) is 21.4 Å². The van der Waals surface area contributed by atoms with Crippen LogP contribution in [-0.4, -0.2) is 0 Å². The van der Waals surface area contributed by atoms with Crippen LogP contribution in [-0.2, 0) is 13.5 Å². The van der Waals surface area contributed by atoms with Crippen LogP contribution in [0.1, 0.15) is 55.8 Å². The fourth-order valence-electron chi connectivity index (χ4n) is 5.97. The van der Waals surface area contributed by atoms with E-state index in [4.69, 9.17) is 17.8 Å². The highest BCUT2D eigenvalue weighted by atomic mass is 16.3. The first-order chi connectivity index (χ1) is 20.1. The number of nitrogens with zero attached hydrogens (tertiary/aromatic N) is 2. The largest absolute Gasteiger partial charge is 0.456 e. The fourth-order valence-corrected chi connectivity index (χ4v) is 5.97. The standard InChI is InChI=1S/C34H33N2O/c1-22-15-16-27-28-17-18-29(35-3)32(26-13-9-6-10-14-26)34(28)37-33(27)31(22)30-21-25(19-23(2)36(30)4)20-24-11-7-5-8-12-24/h6,9-10,13-19,21,24H,5,7-8,11-12,20H2,1-2,4H3/q+1/i6D,9D,10D,13D,14D. The van der Waals surface area contributed by atoms with Crippen LogP contribution < -0.4 is 4.57 Å². The van der Waals surface area contributed by atoms with Gasteiger partial charge in [0.25, 0.3) is 0 Å². The molecule has 37 heavy (non-hydrogen) atoms. The number of pyridine rings is 1. The van der Waals surface area contributed by atoms with Crippen molar-refractivity contribution in [2.45, 2.75) is 52.4 Å². The molecule has 0 atom stereocenters. The molecular formula is C34H33N2O+. The maximum atomic E-state index is 8.63. The quantitative estimate of drug-likeness (QED) is 0.182. The summed E-state index contributed by atoms with van der Waals surface area (Å²) in [6.07, 6.45) is 7.54. The molecule has 1 fully saturated rings. The highest BCUT2D eigenvalue weighted by Gasteiger charge is 2.25. The molecule has 5 aromatic rings. The van der Waals surface area contributed by atoms with Crippen LogP contribution in [0.3, 0.4) is 0 Å². The first kappa shape index (κ1) is 18.4. The molecule has 184 valence electrons. The lowest BCUT2D eigenvalue weighted by Gasteiger charge is -2.21. The second-order valence-electron chi connectivity index (χ2n) is 10.3. The number of rotatable bonds is 4. The Morgan fingerprint density at radius 2 is 1.65 bits per heavy atom. The summed E-state index contributed by atoms with van der Waals surface area (Å²) < 4.78 is 50.6. The van der Waals surface area contributed by atoms with Gasteiger partial charge in [0.1, 0.15) is 18.2 Å². The third kappa shape index (κ3) is 4.11. The van der Waals surface area contributed by atoms with E-state index in [1.807, 2.05) is 12.1 Å². The van der Waals surface area contributed by atoms with E-state index in [0.717, 1.165) is 39.7 Å². The molecule has 0 bridgehead atoms. The lowest BCUT2D eigenvalue weighted by molar-refractivity contribution is -0.666. The van der Waals surface area contributed by atoms with Gasteiger partial charge in [0, 0.05) is 35.4 Å². The zero-order chi connectivity index (χ0) is 29.9. The number of hydrogen-bond donors (Lipinski definition) is 0. The molecule has 1 aliphatic carbocycles. The first-order valence-corrected chi connectivity index (χ1v) is 13.1. The van der Waals surface area contributed by atoms with Gasteiger partial charge >= 0.3 is 0 Å². The van der Waals surface area contributed by atoms with E-state index in [-0.39, 0.29) is 28.9 Å². The van der Waals surface area contributed by atoms with Gasteiger partial charge in [-0.2, -0.15) is 4.57 Å². The van der Waals surface area contributed by atoms with E-state index < -0.39 is 18.1 Å². The zero-order valence-corrected chi connectivity index (χ0v) is 21.6. The fraction of sp³-hybridized carbons (Fsp3) is 0.294. The summed E-state index contributed by atoms with van der Waals surface area (Å²) in [7, 11) is 2.06. The van der Waals surface area contributed by atoms with Crippen LogP contribution in [0, 0.1) is 26.3 Å². The number of fused-ring (bicyclic) bond motifs is 3. The lowest BCUT2D eigenvalue weighted by Crippen LogP contribution is -2.35. The summed E-state index contributed by atoms with van der Waals surface area (Å²) in [5, 5.41) is 1.59. The zero-order valence-electron chi connectivity index (χ0n) is 26.6. The normalized spacial score (nSPS) is 16.2. The predicted octanol–water partition coefficient (Wildman–Crippen LogP) is 9.03. The second-order valence-corrected chi connectivity index (χ2v) is 10.3. The molecule has 3 nitrogen and oxygen atoms in total. The lowest BCUT2D eigenvalue weighted by atomic mass is 9.84. The summed E-state index contributed by atoms with van der Waals surface area (Å²) in [5.74, 6) is 0.702. The molecule has 2 aromatic heterocycles. The van der Waals surface area contributed by atoms with Crippen molar-refractivity contribution in [2.75, 3.05) is 0 Å². The number of aromatic nitrogens is 1. The number of hydrogen-bond acceptors (Lipinski definition) is 1. The van der Waals surface area contributed by atoms with Crippen molar-refractivity contribution in [3.05, 3.63) is 94.8 Å². The van der Waals surface area contributed by atoms with Crippen LogP contribution in [0.2, 0.25) is 0 Å². The molecule has 1 aliphatic rings. The van der Waals surface area contributed by atoms with Crippen LogP contribution in [0.5, 0.6) is 0 Å². The molecule has 3 heteroatoms. The van der Waals surface area contributed by atoms with Crippen LogP contribution in [0.25, 0.3) is 49.2 Å². The molecule has 0 N–H and O–H groups in total. The van der Waals surface area contributed by atoms with Gasteiger partial charge < -0.3 is 4.42 Å². The minimum absolute atomic E-state index is 0.0224. The number of aryl methyl sites for hydroxylation is 2. The SMILES string of the molecule is [2H]c1c([2H])c([2H])c(-c2c([N+]#[C-])ccc3c2oc2c(-c4cc(CC5CCCCC5)cc(C)[n+]4C)c(C)ccc23)c([2H])c1[2H]. The van der Waals surface area contributed by atoms with Crippen molar-refractivity contribution in [3.63, 3.8) is 0 Å². The van der Waals surface area contributed by atoms with Gasteiger partial charge in [-0.1, -0.05) is 86.6 Å². The van der Waals surface area contributed by atoms with Gasteiger partial charge in [-0.25, -0.2) is 4.85 Å². The average Bonchev–Trinajstić information content (AvgIpc) is 3.36. The highest BCUT2D eigenvalue weighted by Crippen LogP contribution is 2.44. The molecule has 0 amide bonds. The molecule has 0 unspecified atom stereocenters. The molecule has 0 spiro atoms. The monoisotopic (exact) mass is 490 g/mol. The summed E-state index contributed by atoms with van der Waals surface area (Å²) >= 11 is 0. The molecule has 3 aromatic carbocycles. The Kier molecular flexibility index (Phi) is 4.73. The van der Waals surface area contributed by atoms with Gasteiger partial charge in [-0.05, 0) is 36.0 Å². The Bertz CT molecular complexity index is 1920. The number of benzene rings is 3. The highest BCUT2D eigenvalue weighted by molar-refractivity contribution is 6.15. The first-order valence-electron chi connectivity index (χ1n) is 15.6. The van der Waals surface area contributed by atoms with Gasteiger partial charge in [0.15, 0.2) is 11.4 Å². The molecule has 2 heterocycles. The molecule has 1 saturated carbocycles.